The average molecular weight is 399 g/mol. The third-order valence-corrected chi connectivity index (χ3v) is 7.04. The maximum atomic E-state index is 12.8. The SMILES string of the molecule is C[C@@H]1CCCC[C@@H]1NC(=O)[C@@H](C)Sc1nnc(C2CC2)n1Cc1ccccc1. The summed E-state index contributed by atoms with van der Waals surface area (Å²) in [5, 5.41) is 12.9. The molecule has 1 amide bonds. The van der Waals surface area contributed by atoms with Crippen LogP contribution >= 0.6 is 11.8 Å². The van der Waals surface area contributed by atoms with Gasteiger partial charge in [-0.3, -0.25) is 4.79 Å². The molecule has 1 N–H and O–H groups in total. The lowest BCUT2D eigenvalue weighted by Crippen LogP contribution is -2.44. The van der Waals surface area contributed by atoms with Crippen LogP contribution in [0.2, 0.25) is 0 Å². The van der Waals surface area contributed by atoms with Gasteiger partial charge in [-0.1, -0.05) is 61.9 Å². The maximum Gasteiger partial charge on any atom is 0.233 e. The average Bonchev–Trinajstić information content (AvgIpc) is 3.47. The van der Waals surface area contributed by atoms with Gasteiger partial charge >= 0.3 is 0 Å². The third kappa shape index (κ3) is 4.59. The highest BCUT2D eigenvalue weighted by Crippen LogP contribution is 2.40. The van der Waals surface area contributed by atoms with Crippen LogP contribution in [0, 0.1) is 5.92 Å². The monoisotopic (exact) mass is 398 g/mol. The van der Waals surface area contributed by atoms with Crippen LogP contribution in [0.4, 0.5) is 0 Å². The van der Waals surface area contributed by atoms with Gasteiger partial charge in [-0.25, -0.2) is 0 Å². The summed E-state index contributed by atoms with van der Waals surface area (Å²) in [7, 11) is 0. The number of amides is 1. The quantitative estimate of drug-likeness (QED) is 0.703. The van der Waals surface area contributed by atoms with Gasteiger partial charge in [-0.15, -0.1) is 10.2 Å². The predicted octanol–water partition coefficient (Wildman–Crippen LogP) is 4.38. The predicted molar refractivity (Wildman–Crippen MR) is 112 cm³/mol. The Bertz CT molecular complexity index is 802. The summed E-state index contributed by atoms with van der Waals surface area (Å²) in [6, 6.07) is 10.7. The lowest BCUT2D eigenvalue weighted by molar-refractivity contribution is -0.121. The van der Waals surface area contributed by atoms with Crippen LogP contribution in [0.15, 0.2) is 35.5 Å². The molecule has 0 bridgehead atoms. The molecule has 6 heteroatoms. The molecule has 3 atom stereocenters. The summed E-state index contributed by atoms with van der Waals surface area (Å²) in [6.07, 6.45) is 7.18. The number of benzene rings is 1. The van der Waals surface area contributed by atoms with Gasteiger partial charge in [0.15, 0.2) is 5.16 Å². The zero-order chi connectivity index (χ0) is 19.5. The molecule has 150 valence electrons. The fourth-order valence-corrected chi connectivity index (χ4v) is 4.85. The minimum Gasteiger partial charge on any atom is -0.352 e. The molecule has 1 aromatic carbocycles. The summed E-state index contributed by atoms with van der Waals surface area (Å²) in [5.74, 6) is 2.28. The first-order valence-corrected chi connectivity index (χ1v) is 11.4. The van der Waals surface area contributed by atoms with E-state index in [9.17, 15) is 4.79 Å². The van der Waals surface area contributed by atoms with Crippen molar-refractivity contribution in [2.24, 2.45) is 5.92 Å². The molecule has 2 fully saturated rings. The molecule has 1 aromatic heterocycles. The van der Waals surface area contributed by atoms with E-state index in [1.807, 2.05) is 13.0 Å². The van der Waals surface area contributed by atoms with Crippen molar-refractivity contribution in [1.29, 1.82) is 0 Å². The minimum atomic E-state index is -0.181. The second kappa shape index (κ2) is 8.68. The molecule has 28 heavy (non-hydrogen) atoms. The molecule has 0 radical (unpaired) electrons. The van der Waals surface area contributed by atoms with Crippen LogP contribution in [0.3, 0.4) is 0 Å². The second-order valence-corrected chi connectivity index (χ2v) is 9.63. The Morgan fingerprint density at radius 1 is 1.18 bits per heavy atom. The molecule has 0 saturated heterocycles. The van der Waals surface area contributed by atoms with Crippen LogP contribution in [0.25, 0.3) is 0 Å². The summed E-state index contributed by atoms with van der Waals surface area (Å²) >= 11 is 1.53. The highest BCUT2D eigenvalue weighted by atomic mass is 32.2. The minimum absolute atomic E-state index is 0.117. The molecule has 0 unspecified atom stereocenters. The smallest absolute Gasteiger partial charge is 0.233 e. The molecule has 4 rings (SSSR count). The topological polar surface area (TPSA) is 59.8 Å². The van der Waals surface area contributed by atoms with Crippen molar-refractivity contribution >= 4 is 17.7 Å². The van der Waals surface area contributed by atoms with Crippen LogP contribution in [-0.4, -0.2) is 32.0 Å². The second-order valence-electron chi connectivity index (χ2n) is 8.32. The number of carbonyl (C=O) groups is 1. The summed E-state index contributed by atoms with van der Waals surface area (Å²) in [5.41, 5.74) is 1.24. The number of hydrogen-bond donors (Lipinski definition) is 1. The Morgan fingerprint density at radius 3 is 2.64 bits per heavy atom. The molecule has 0 aliphatic heterocycles. The highest BCUT2D eigenvalue weighted by molar-refractivity contribution is 8.00. The molecule has 2 aromatic rings. The van der Waals surface area contributed by atoms with E-state index in [4.69, 9.17) is 0 Å². The lowest BCUT2D eigenvalue weighted by Gasteiger charge is -2.30. The molecule has 0 spiro atoms. The Labute approximate surface area is 171 Å². The number of rotatable bonds is 7. The van der Waals surface area contributed by atoms with E-state index in [1.165, 1.54) is 49.4 Å². The van der Waals surface area contributed by atoms with E-state index < -0.39 is 0 Å². The van der Waals surface area contributed by atoms with Crippen LogP contribution in [0.5, 0.6) is 0 Å². The van der Waals surface area contributed by atoms with Crippen molar-refractivity contribution in [1.82, 2.24) is 20.1 Å². The molecule has 5 nitrogen and oxygen atoms in total. The van der Waals surface area contributed by atoms with Crippen molar-refractivity contribution in [3.8, 4) is 0 Å². The lowest BCUT2D eigenvalue weighted by atomic mass is 9.86. The third-order valence-electron chi connectivity index (χ3n) is 5.96. The summed E-state index contributed by atoms with van der Waals surface area (Å²) < 4.78 is 2.21. The molecule has 1 heterocycles. The van der Waals surface area contributed by atoms with Crippen molar-refractivity contribution in [3.05, 3.63) is 41.7 Å². The normalized spacial score (nSPS) is 23.4. The van der Waals surface area contributed by atoms with Gasteiger partial charge in [-0.2, -0.15) is 0 Å². The fraction of sp³-hybridized carbons (Fsp3) is 0.591. The molecular formula is C22H30N4OS. The van der Waals surface area contributed by atoms with Gasteiger partial charge in [-0.05, 0) is 44.1 Å². The zero-order valence-corrected chi connectivity index (χ0v) is 17.6. The van der Waals surface area contributed by atoms with Crippen LogP contribution < -0.4 is 5.32 Å². The van der Waals surface area contributed by atoms with Gasteiger partial charge in [0.2, 0.25) is 5.91 Å². The van der Waals surface area contributed by atoms with Crippen molar-refractivity contribution < 1.29 is 4.79 Å². The maximum absolute atomic E-state index is 12.8. The van der Waals surface area contributed by atoms with Gasteiger partial charge < -0.3 is 9.88 Å². The largest absolute Gasteiger partial charge is 0.352 e. The number of nitrogens with zero attached hydrogens (tertiary/aromatic N) is 3. The first-order chi connectivity index (χ1) is 13.6. The number of aromatic nitrogens is 3. The Hall–Kier alpha value is -1.82. The Morgan fingerprint density at radius 2 is 1.93 bits per heavy atom. The van der Waals surface area contributed by atoms with E-state index in [0.29, 0.717) is 17.9 Å². The standard InChI is InChI=1S/C22H30N4OS/c1-15-8-6-7-11-19(15)23-21(27)16(2)28-22-25-24-20(18-12-13-18)26(22)14-17-9-4-3-5-10-17/h3-5,9-10,15-16,18-19H,6-8,11-14H2,1-2H3,(H,23,27)/t15-,16-,19+/m1/s1. The molecule has 2 aliphatic rings. The van der Waals surface area contributed by atoms with Gasteiger partial charge in [0.25, 0.3) is 0 Å². The Kier molecular flexibility index (Phi) is 6.04. The van der Waals surface area contributed by atoms with Gasteiger partial charge in [0.05, 0.1) is 11.8 Å². The zero-order valence-electron chi connectivity index (χ0n) is 16.8. The van der Waals surface area contributed by atoms with E-state index >= 15 is 0 Å². The molecule has 2 aliphatic carbocycles. The van der Waals surface area contributed by atoms with Gasteiger partial charge in [0.1, 0.15) is 5.82 Å². The van der Waals surface area contributed by atoms with E-state index in [1.54, 1.807) is 0 Å². The Balaban J connectivity index is 1.45. The first-order valence-electron chi connectivity index (χ1n) is 10.6. The van der Waals surface area contributed by atoms with Crippen LogP contribution in [-0.2, 0) is 11.3 Å². The fourth-order valence-electron chi connectivity index (χ4n) is 3.99. The number of carbonyl (C=O) groups excluding carboxylic acids is 1. The van der Waals surface area contributed by atoms with E-state index in [0.717, 1.165) is 23.9 Å². The van der Waals surface area contributed by atoms with E-state index in [2.05, 4.69) is 51.3 Å². The number of hydrogen-bond acceptors (Lipinski definition) is 4. The molecule has 2 saturated carbocycles. The highest BCUT2D eigenvalue weighted by Gasteiger charge is 2.32. The van der Waals surface area contributed by atoms with Gasteiger partial charge in [0, 0.05) is 12.0 Å². The number of nitrogens with one attached hydrogen (secondary N) is 1. The van der Waals surface area contributed by atoms with Crippen LogP contribution in [0.1, 0.15) is 69.7 Å². The van der Waals surface area contributed by atoms with Crippen molar-refractivity contribution in [3.63, 3.8) is 0 Å². The van der Waals surface area contributed by atoms with Crippen molar-refractivity contribution in [2.75, 3.05) is 0 Å². The first kappa shape index (κ1) is 19.5. The molecular weight excluding hydrogens is 368 g/mol. The summed E-state index contributed by atoms with van der Waals surface area (Å²) in [6.45, 7) is 4.99. The van der Waals surface area contributed by atoms with Crippen molar-refractivity contribution in [2.45, 2.75) is 81.3 Å². The number of thioether (sulfide) groups is 1. The summed E-state index contributed by atoms with van der Waals surface area (Å²) in [4.78, 5) is 12.8. The van der Waals surface area contributed by atoms with E-state index in [-0.39, 0.29) is 11.2 Å².